The van der Waals surface area contributed by atoms with Gasteiger partial charge in [0.1, 0.15) is 5.75 Å². The number of aryl methyl sites for hydroxylation is 2. The Hall–Kier alpha value is -3.15. The van der Waals surface area contributed by atoms with E-state index in [1.54, 1.807) is 18.2 Å². The van der Waals surface area contributed by atoms with Crippen LogP contribution < -0.4 is 15.4 Å². The first-order valence-corrected chi connectivity index (χ1v) is 9.33. The van der Waals surface area contributed by atoms with E-state index in [9.17, 15) is 14.4 Å². The molecule has 0 radical (unpaired) electrons. The standard InChI is InChI=1S/C22H26N2O4/c1-16-7-9-18(10-8-16)11-12-21(26)23-13-4-14-24-22(27)19-5-3-6-20(15-19)28-17(2)25/h3,5-10,15H,4,11-14H2,1-2H3,(H,23,26)(H,24,27). The van der Waals surface area contributed by atoms with E-state index in [-0.39, 0.29) is 11.8 Å². The number of ether oxygens (including phenoxy) is 1. The molecule has 0 aliphatic carbocycles. The zero-order chi connectivity index (χ0) is 20.4. The van der Waals surface area contributed by atoms with Crippen molar-refractivity contribution in [3.63, 3.8) is 0 Å². The predicted octanol–water partition coefficient (Wildman–Crippen LogP) is 2.79. The van der Waals surface area contributed by atoms with Crippen molar-refractivity contribution in [1.82, 2.24) is 10.6 Å². The van der Waals surface area contributed by atoms with Crippen molar-refractivity contribution in [2.45, 2.75) is 33.1 Å². The van der Waals surface area contributed by atoms with Crippen LogP contribution in [0.1, 0.15) is 41.3 Å². The van der Waals surface area contributed by atoms with Crippen LogP contribution in [0.15, 0.2) is 48.5 Å². The van der Waals surface area contributed by atoms with Gasteiger partial charge in [-0.05, 0) is 43.5 Å². The molecule has 6 heteroatoms. The van der Waals surface area contributed by atoms with Crippen LogP contribution >= 0.6 is 0 Å². The highest BCUT2D eigenvalue weighted by Gasteiger charge is 2.07. The van der Waals surface area contributed by atoms with Crippen molar-refractivity contribution in [3.05, 3.63) is 65.2 Å². The van der Waals surface area contributed by atoms with Gasteiger partial charge < -0.3 is 15.4 Å². The molecule has 0 atom stereocenters. The average Bonchev–Trinajstić information content (AvgIpc) is 2.67. The van der Waals surface area contributed by atoms with Crippen LogP contribution in [0.4, 0.5) is 0 Å². The van der Waals surface area contributed by atoms with E-state index in [0.29, 0.717) is 43.7 Å². The lowest BCUT2D eigenvalue weighted by Gasteiger charge is -2.08. The zero-order valence-electron chi connectivity index (χ0n) is 16.3. The third kappa shape index (κ3) is 7.61. The van der Waals surface area contributed by atoms with Gasteiger partial charge in [-0.3, -0.25) is 14.4 Å². The van der Waals surface area contributed by atoms with Gasteiger partial charge in [-0.15, -0.1) is 0 Å². The molecule has 0 aliphatic rings. The first-order chi connectivity index (χ1) is 13.4. The molecule has 0 heterocycles. The van der Waals surface area contributed by atoms with E-state index in [2.05, 4.69) is 10.6 Å². The van der Waals surface area contributed by atoms with Crippen LogP contribution in [0.3, 0.4) is 0 Å². The number of esters is 1. The lowest BCUT2D eigenvalue weighted by molar-refractivity contribution is -0.131. The zero-order valence-corrected chi connectivity index (χ0v) is 16.3. The summed E-state index contributed by atoms with van der Waals surface area (Å²) in [6.45, 7) is 4.28. The second-order valence-corrected chi connectivity index (χ2v) is 6.57. The molecule has 2 N–H and O–H groups in total. The van der Waals surface area contributed by atoms with Crippen molar-refractivity contribution in [2.75, 3.05) is 13.1 Å². The van der Waals surface area contributed by atoms with Gasteiger partial charge in [0.2, 0.25) is 5.91 Å². The van der Waals surface area contributed by atoms with Crippen LogP contribution in [0, 0.1) is 6.92 Å². The van der Waals surface area contributed by atoms with Gasteiger partial charge in [-0.1, -0.05) is 35.9 Å². The molecule has 0 fully saturated rings. The lowest BCUT2D eigenvalue weighted by atomic mass is 10.1. The fraction of sp³-hybridized carbons (Fsp3) is 0.318. The Kier molecular flexibility index (Phi) is 8.21. The van der Waals surface area contributed by atoms with Gasteiger partial charge in [0.15, 0.2) is 0 Å². The number of carbonyl (C=O) groups excluding carboxylic acids is 3. The second kappa shape index (κ2) is 10.9. The average molecular weight is 382 g/mol. The van der Waals surface area contributed by atoms with Gasteiger partial charge in [0.05, 0.1) is 0 Å². The van der Waals surface area contributed by atoms with Crippen LogP contribution in [0.25, 0.3) is 0 Å². The van der Waals surface area contributed by atoms with E-state index in [1.165, 1.54) is 18.6 Å². The van der Waals surface area contributed by atoms with Gasteiger partial charge in [0, 0.05) is 32.0 Å². The number of rotatable bonds is 9. The van der Waals surface area contributed by atoms with Gasteiger partial charge >= 0.3 is 5.97 Å². The SMILES string of the molecule is CC(=O)Oc1cccc(C(=O)NCCCNC(=O)CCc2ccc(C)cc2)c1. The molecular weight excluding hydrogens is 356 g/mol. The highest BCUT2D eigenvalue weighted by molar-refractivity contribution is 5.94. The summed E-state index contributed by atoms with van der Waals surface area (Å²) in [6.07, 6.45) is 1.78. The predicted molar refractivity (Wildman–Crippen MR) is 107 cm³/mol. The van der Waals surface area contributed by atoms with E-state index >= 15 is 0 Å². The Morgan fingerprint density at radius 2 is 1.68 bits per heavy atom. The molecular formula is C22H26N2O4. The molecule has 0 spiro atoms. The lowest BCUT2D eigenvalue weighted by Crippen LogP contribution is -2.30. The number of hydrogen-bond acceptors (Lipinski definition) is 4. The fourth-order valence-corrected chi connectivity index (χ4v) is 2.59. The van der Waals surface area contributed by atoms with E-state index in [1.807, 2.05) is 31.2 Å². The third-order valence-electron chi connectivity index (χ3n) is 4.08. The number of hydrogen-bond donors (Lipinski definition) is 2. The Balaban J connectivity index is 1.63. The highest BCUT2D eigenvalue weighted by atomic mass is 16.5. The highest BCUT2D eigenvalue weighted by Crippen LogP contribution is 2.13. The summed E-state index contributed by atoms with van der Waals surface area (Å²) in [7, 11) is 0. The van der Waals surface area contributed by atoms with Crippen molar-refractivity contribution < 1.29 is 19.1 Å². The van der Waals surface area contributed by atoms with E-state index in [0.717, 1.165) is 5.56 Å². The molecule has 6 nitrogen and oxygen atoms in total. The molecule has 0 bridgehead atoms. The fourth-order valence-electron chi connectivity index (χ4n) is 2.59. The summed E-state index contributed by atoms with van der Waals surface area (Å²) in [5.41, 5.74) is 2.76. The minimum atomic E-state index is -0.435. The topological polar surface area (TPSA) is 84.5 Å². The molecule has 148 valence electrons. The number of amides is 2. The maximum Gasteiger partial charge on any atom is 0.308 e. The molecule has 0 unspecified atom stereocenters. The molecule has 0 saturated carbocycles. The molecule has 0 aromatic heterocycles. The number of carbonyl (C=O) groups is 3. The van der Waals surface area contributed by atoms with Crippen LogP contribution in [-0.4, -0.2) is 30.9 Å². The first kappa shape index (κ1) is 21.2. The molecule has 2 aromatic carbocycles. The molecule has 2 aromatic rings. The van der Waals surface area contributed by atoms with Crippen molar-refractivity contribution in [3.8, 4) is 5.75 Å². The Bertz CT molecular complexity index is 816. The van der Waals surface area contributed by atoms with Crippen molar-refractivity contribution in [2.24, 2.45) is 0 Å². The summed E-state index contributed by atoms with van der Waals surface area (Å²) in [4.78, 5) is 35.0. The van der Waals surface area contributed by atoms with Gasteiger partial charge in [-0.25, -0.2) is 0 Å². The summed E-state index contributed by atoms with van der Waals surface area (Å²) in [6, 6.07) is 14.6. The Morgan fingerprint density at radius 3 is 2.39 bits per heavy atom. The Morgan fingerprint density at radius 1 is 0.964 bits per heavy atom. The summed E-state index contributed by atoms with van der Waals surface area (Å²) < 4.78 is 4.97. The van der Waals surface area contributed by atoms with Crippen LogP contribution in [0.2, 0.25) is 0 Å². The molecule has 2 rings (SSSR count). The van der Waals surface area contributed by atoms with E-state index < -0.39 is 5.97 Å². The van der Waals surface area contributed by atoms with E-state index in [4.69, 9.17) is 4.74 Å². The summed E-state index contributed by atoms with van der Waals surface area (Å²) in [5.74, 6) is -0.350. The molecule has 28 heavy (non-hydrogen) atoms. The number of benzene rings is 2. The van der Waals surface area contributed by atoms with Crippen LogP contribution in [0.5, 0.6) is 5.75 Å². The Labute approximate surface area is 165 Å². The van der Waals surface area contributed by atoms with Crippen molar-refractivity contribution in [1.29, 1.82) is 0 Å². The minimum Gasteiger partial charge on any atom is -0.427 e. The summed E-state index contributed by atoms with van der Waals surface area (Å²) >= 11 is 0. The monoisotopic (exact) mass is 382 g/mol. The second-order valence-electron chi connectivity index (χ2n) is 6.57. The van der Waals surface area contributed by atoms with Gasteiger partial charge in [0.25, 0.3) is 5.91 Å². The first-order valence-electron chi connectivity index (χ1n) is 9.33. The molecule has 0 saturated heterocycles. The number of nitrogens with one attached hydrogen (secondary N) is 2. The minimum absolute atomic E-state index is 0.000911. The smallest absolute Gasteiger partial charge is 0.308 e. The van der Waals surface area contributed by atoms with Gasteiger partial charge in [-0.2, -0.15) is 0 Å². The van der Waals surface area contributed by atoms with Crippen LogP contribution in [-0.2, 0) is 16.0 Å². The maximum atomic E-state index is 12.1. The summed E-state index contributed by atoms with van der Waals surface area (Å²) in [5, 5.41) is 5.65. The molecule has 0 aliphatic heterocycles. The largest absolute Gasteiger partial charge is 0.427 e. The molecule has 2 amide bonds. The maximum absolute atomic E-state index is 12.1. The third-order valence-corrected chi connectivity index (χ3v) is 4.08. The van der Waals surface area contributed by atoms with Crippen molar-refractivity contribution >= 4 is 17.8 Å². The quantitative estimate of drug-likeness (QED) is 0.397. The normalized spacial score (nSPS) is 10.2.